The van der Waals surface area contributed by atoms with Gasteiger partial charge in [0.05, 0.1) is 17.5 Å². The Morgan fingerprint density at radius 2 is 2.11 bits per heavy atom. The van der Waals surface area contributed by atoms with E-state index in [-0.39, 0.29) is 4.90 Å². The van der Waals surface area contributed by atoms with Crippen LogP contribution in [0.4, 0.5) is 0 Å². The van der Waals surface area contributed by atoms with Crippen molar-refractivity contribution in [2.24, 2.45) is 12.2 Å². The number of sulfonamides is 1. The Kier molecular flexibility index (Phi) is 3.32. The largest absolute Gasteiger partial charge is 0.493 e. The second-order valence-electron chi connectivity index (χ2n) is 4.15. The zero-order chi connectivity index (χ0) is 13.3. The van der Waals surface area contributed by atoms with E-state index in [9.17, 15) is 8.42 Å². The van der Waals surface area contributed by atoms with E-state index >= 15 is 0 Å². The monoisotopic (exact) mass is 268 g/mol. The molecule has 5 nitrogen and oxygen atoms in total. The van der Waals surface area contributed by atoms with Gasteiger partial charge in [-0.15, -0.1) is 0 Å². The maximum atomic E-state index is 11.6. The maximum Gasteiger partial charge on any atom is 0.240 e. The summed E-state index contributed by atoms with van der Waals surface area (Å²) in [5, 5.41) is 5.79. The molecule has 0 aliphatic heterocycles. The van der Waals surface area contributed by atoms with E-state index in [4.69, 9.17) is 9.88 Å². The predicted octanol–water partition coefficient (Wildman–Crippen LogP) is 1.61. The molecule has 1 aromatic carbocycles. The number of primary sulfonamides is 1. The molecule has 0 aliphatic carbocycles. The van der Waals surface area contributed by atoms with E-state index in [0.29, 0.717) is 17.7 Å². The van der Waals surface area contributed by atoms with Crippen molar-refractivity contribution >= 4 is 20.9 Å². The summed E-state index contributed by atoms with van der Waals surface area (Å²) in [6.07, 6.45) is 2.37. The number of hydrogen-bond donors (Lipinski definition) is 1. The third-order valence-electron chi connectivity index (χ3n) is 2.71. The van der Waals surface area contributed by atoms with Gasteiger partial charge in [-0.3, -0.25) is 0 Å². The van der Waals surface area contributed by atoms with Gasteiger partial charge in [-0.25, -0.2) is 13.6 Å². The van der Waals surface area contributed by atoms with Gasteiger partial charge in [0.1, 0.15) is 10.6 Å². The second-order valence-corrected chi connectivity index (χ2v) is 5.68. The third kappa shape index (κ3) is 2.21. The molecule has 0 unspecified atom stereocenters. The molecule has 0 radical (unpaired) electrons. The summed E-state index contributed by atoms with van der Waals surface area (Å²) in [6.45, 7) is 2.53. The summed E-state index contributed by atoms with van der Waals surface area (Å²) in [4.78, 5) is 0.103. The van der Waals surface area contributed by atoms with Gasteiger partial charge in [0.15, 0.2) is 0 Å². The molecule has 0 atom stereocenters. The first-order valence-electron chi connectivity index (χ1n) is 5.68. The lowest BCUT2D eigenvalue weighted by molar-refractivity contribution is 0.321. The SMILES string of the molecule is CCCOc1cccc2c1c(S(N)(=O)=O)cn2C. The summed E-state index contributed by atoms with van der Waals surface area (Å²) in [6, 6.07) is 5.43. The molecule has 98 valence electrons. The fraction of sp³-hybridized carbons (Fsp3) is 0.333. The van der Waals surface area contributed by atoms with E-state index in [1.807, 2.05) is 19.1 Å². The summed E-state index contributed by atoms with van der Waals surface area (Å²) < 4.78 is 30.5. The lowest BCUT2D eigenvalue weighted by atomic mass is 10.2. The third-order valence-corrected chi connectivity index (χ3v) is 3.63. The maximum absolute atomic E-state index is 11.6. The average molecular weight is 268 g/mol. The molecule has 0 amide bonds. The average Bonchev–Trinajstić information content (AvgIpc) is 2.65. The Labute approximate surface area is 106 Å². The van der Waals surface area contributed by atoms with Crippen molar-refractivity contribution in [2.45, 2.75) is 18.2 Å². The first-order chi connectivity index (χ1) is 8.45. The molecule has 0 bridgehead atoms. The fourth-order valence-electron chi connectivity index (χ4n) is 1.92. The minimum absolute atomic E-state index is 0.103. The first-order valence-corrected chi connectivity index (χ1v) is 7.23. The highest BCUT2D eigenvalue weighted by Gasteiger charge is 2.19. The normalized spacial score (nSPS) is 11.9. The molecule has 2 N–H and O–H groups in total. The number of rotatable bonds is 4. The Morgan fingerprint density at radius 3 is 2.72 bits per heavy atom. The number of aromatic nitrogens is 1. The van der Waals surface area contributed by atoms with E-state index in [2.05, 4.69) is 0 Å². The number of ether oxygens (including phenoxy) is 1. The molecule has 0 fully saturated rings. The van der Waals surface area contributed by atoms with Crippen LogP contribution in [0.15, 0.2) is 29.3 Å². The van der Waals surface area contributed by atoms with Gasteiger partial charge < -0.3 is 9.30 Å². The highest BCUT2D eigenvalue weighted by molar-refractivity contribution is 7.89. The molecule has 0 spiro atoms. The van der Waals surface area contributed by atoms with Crippen molar-refractivity contribution in [2.75, 3.05) is 6.61 Å². The van der Waals surface area contributed by atoms with Crippen LogP contribution in [0.5, 0.6) is 5.75 Å². The van der Waals surface area contributed by atoms with Crippen LogP contribution in [0.1, 0.15) is 13.3 Å². The molecule has 1 heterocycles. The number of hydrogen-bond acceptors (Lipinski definition) is 3. The van der Waals surface area contributed by atoms with Crippen LogP contribution in [0, 0.1) is 0 Å². The van der Waals surface area contributed by atoms with Crippen LogP contribution >= 0.6 is 0 Å². The summed E-state index contributed by atoms with van der Waals surface area (Å²) in [5.74, 6) is 0.555. The van der Waals surface area contributed by atoms with Crippen LogP contribution in [-0.4, -0.2) is 19.6 Å². The molecular formula is C12H16N2O3S. The van der Waals surface area contributed by atoms with Crippen LogP contribution < -0.4 is 9.88 Å². The molecule has 6 heteroatoms. The van der Waals surface area contributed by atoms with Gasteiger partial charge in [0.25, 0.3) is 0 Å². The molecule has 2 aromatic rings. The van der Waals surface area contributed by atoms with Crippen molar-refractivity contribution in [1.82, 2.24) is 4.57 Å². The van der Waals surface area contributed by atoms with E-state index in [1.165, 1.54) is 6.20 Å². The van der Waals surface area contributed by atoms with Crippen molar-refractivity contribution in [3.05, 3.63) is 24.4 Å². The van der Waals surface area contributed by atoms with Crippen LogP contribution in [-0.2, 0) is 17.1 Å². The van der Waals surface area contributed by atoms with E-state index < -0.39 is 10.0 Å². The number of benzene rings is 1. The van der Waals surface area contributed by atoms with Gasteiger partial charge in [-0.05, 0) is 18.6 Å². The molecule has 0 aliphatic rings. The van der Waals surface area contributed by atoms with E-state index in [0.717, 1.165) is 11.9 Å². The van der Waals surface area contributed by atoms with Gasteiger partial charge in [-0.2, -0.15) is 0 Å². The predicted molar refractivity (Wildman–Crippen MR) is 70.1 cm³/mol. The van der Waals surface area contributed by atoms with Gasteiger partial charge in [0, 0.05) is 13.2 Å². The lowest BCUT2D eigenvalue weighted by Crippen LogP contribution is -2.12. The number of nitrogens with two attached hydrogens (primary N) is 1. The number of nitrogens with zero attached hydrogens (tertiary/aromatic N) is 1. The Morgan fingerprint density at radius 1 is 1.39 bits per heavy atom. The summed E-state index contributed by atoms with van der Waals surface area (Å²) >= 11 is 0. The van der Waals surface area contributed by atoms with Gasteiger partial charge in [-0.1, -0.05) is 13.0 Å². The molecule has 18 heavy (non-hydrogen) atoms. The number of aryl methyl sites for hydroxylation is 1. The minimum atomic E-state index is -3.76. The van der Waals surface area contributed by atoms with Crippen LogP contribution in [0.25, 0.3) is 10.9 Å². The Bertz CT molecular complexity index is 674. The number of fused-ring (bicyclic) bond motifs is 1. The highest BCUT2D eigenvalue weighted by Crippen LogP contribution is 2.32. The lowest BCUT2D eigenvalue weighted by Gasteiger charge is -2.07. The molecular weight excluding hydrogens is 252 g/mol. The van der Waals surface area contributed by atoms with Crippen molar-refractivity contribution in [3.63, 3.8) is 0 Å². The second kappa shape index (κ2) is 4.62. The first kappa shape index (κ1) is 12.9. The molecule has 2 rings (SSSR count). The topological polar surface area (TPSA) is 74.3 Å². The van der Waals surface area contributed by atoms with Crippen molar-refractivity contribution < 1.29 is 13.2 Å². The van der Waals surface area contributed by atoms with Gasteiger partial charge in [0.2, 0.25) is 10.0 Å². The Hall–Kier alpha value is -1.53. The van der Waals surface area contributed by atoms with Gasteiger partial charge >= 0.3 is 0 Å². The standard InChI is InChI=1S/C12H16N2O3S/c1-3-7-17-10-6-4-5-9-12(10)11(8-14(9)2)18(13,15)16/h4-6,8H,3,7H2,1-2H3,(H2,13,15,16). The highest BCUT2D eigenvalue weighted by atomic mass is 32.2. The smallest absolute Gasteiger partial charge is 0.240 e. The minimum Gasteiger partial charge on any atom is -0.493 e. The zero-order valence-electron chi connectivity index (χ0n) is 10.4. The van der Waals surface area contributed by atoms with Crippen LogP contribution in [0.3, 0.4) is 0 Å². The van der Waals surface area contributed by atoms with E-state index in [1.54, 1.807) is 17.7 Å². The summed E-state index contributed by atoms with van der Waals surface area (Å²) in [5.41, 5.74) is 0.785. The van der Waals surface area contributed by atoms with Crippen LogP contribution in [0.2, 0.25) is 0 Å². The Balaban J connectivity index is 2.73. The molecule has 0 saturated heterocycles. The van der Waals surface area contributed by atoms with Crippen molar-refractivity contribution in [1.29, 1.82) is 0 Å². The quantitative estimate of drug-likeness (QED) is 0.915. The fourth-order valence-corrected chi connectivity index (χ4v) is 2.71. The summed E-state index contributed by atoms with van der Waals surface area (Å²) in [7, 11) is -1.98. The molecule has 1 aromatic heterocycles. The molecule has 0 saturated carbocycles. The zero-order valence-corrected chi connectivity index (χ0v) is 11.2. The van der Waals surface area contributed by atoms with Crippen molar-refractivity contribution in [3.8, 4) is 5.75 Å².